The second kappa shape index (κ2) is 3.52. The minimum absolute atomic E-state index is 0.0518. The first-order chi connectivity index (χ1) is 9.88. The van der Waals surface area contributed by atoms with Crippen LogP contribution >= 0.6 is 0 Å². The van der Waals surface area contributed by atoms with Crippen molar-refractivity contribution in [3.8, 4) is 0 Å². The molecule has 0 aromatic rings. The number of hydrogen-bond acceptors (Lipinski definition) is 0. The third-order valence-corrected chi connectivity index (χ3v) is 5.10. The van der Waals surface area contributed by atoms with Crippen LogP contribution in [-0.2, 0) is 0 Å². The highest BCUT2D eigenvalue weighted by molar-refractivity contribution is 5.69. The molecule has 0 aromatic carbocycles. The molecule has 2 unspecified atom stereocenters. The van der Waals surface area contributed by atoms with Gasteiger partial charge in [-0.1, -0.05) is 72.4 Å². The minimum Gasteiger partial charge on any atom is -0.0832 e. The minimum atomic E-state index is 0.0518. The van der Waals surface area contributed by atoms with Crippen molar-refractivity contribution in [1.82, 2.24) is 0 Å². The first kappa shape index (κ1) is 10.7. The predicted octanol–water partition coefficient (Wildman–Crippen LogP) is 4.55. The summed E-state index contributed by atoms with van der Waals surface area (Å²) >= 11 is 0. The van der Waals surface area contributed by atoms with Crippen LogP contribution < -0.4 is 0 Å². The highest BCUT2D eigenvalue weighted by Gasteiger charge is 2.47. The van der Waals surface area contributed by atoms with Gasteiger partial charge in [-0.3, -0.25) is 0 Å². The maximum absolute atomic E-state index is 2.42. The van der Waals surface area contributed by atoms with Gasteiger partial charge in [0.2, 0.25) is 0 Å². The molecule has 0 nitrogen and oxygen atoms in total. The molecule has 1 spiro atoms. The summed E-state index contributed by atoms with van der Waals surface area (Å²) in [6, 6.07) is 0. The van der Waals surface area contributed by atoms with Crippen LogP contribution in [0.2, 0.25) is 0 Å². The van der Waals surface area contributed by atoms with E-state index in [2.05, 4.69) is 73.3 Å². The van der Waals surface area contributed by atoms with Gasteiger partial charge in [-0.05, 0) is 28.7 Å². The van der Waals surface area contributed by atoms with Crippen molar-refractivity contribution in [3.63, 3.8) is 0 Å². The molecular weight excluding hydrogens is 240 g/mol. The second-order valence-corrected chi connectivity index (χ2v) is 6.05. The SMILES string of the molecule is [CH]1C=CC2=CC=C3CC=CC45C=CC=CC4=CC1=C2C35. The molecule has 5 aliphatic rings. The molecule has 0 aromatic heterocycles. The van der Waals surface area contributed by atoms with E-state index in [1.165, 1.54) is 22.3 Å². The molecular formula is C20H15. The van der Waals surface area contributed by atoms with E-state index < -0.39 is 0 Å². The van der Waals surface area contributed by atoms with Gasteiger partial charge in [-0.15, -0.1) is 0 Å². The Kier molecular flexibility index (Phi) is 1.88. The fraction of sp³-hybridized carbons (Fsp3) is 0.150. The summed E-state index contributed by atoms with van der Waals surface area (Å²) in [5.74, 6) is 0.491. The molecule has 95 valence electrons. The fourth-order valence-electron chi connectivity index (χ4n) is 4.27. The highest BCUT2D eigenvalue weighted by Crippen LogP contribution is 2.58. The summed E-state index contributed by atoms with van der Waals surface area (Å²) in [6.07, 6.45) is 28.6. The van der Waals surface area contributed by atoms with E-state index in [0.717, 1.165) is 6.42 Å². The molecule has 0 amide bonds. The normalized spacial score (nSPS) is 35.2. The van der Waals surface area contributed by atoms with Gasteiger partial charge in [0.25, 0.3) is 0 Å². The molecule has 0 N–H and O–H groups in total. The van der Waals surface area contributed by atoms with Gasteiger partial charge in [0.15, 0.2) is 0 Å². The molecule has 20 heavy (non-hydrogen) atoms. The number of allylic oxidation sites excluding steroid dienone is 16. The lowest BCUT2D eigenvalue weighted by atomic mass is 9.54. The van der Waals surface area contributed by atoms with E-state index in [4.69, 9.17) is 0 Å². The maximum Gasteiger partial charge on any atom is 0.0421 e. The first-order valence-electron chi connectivity index (χ1n) is 7.31. The Morgan fingerprint density at radius 3 is 3.00 bits per heavy atom. The van der Waals surface area contributed by atoms with Gasteiger partial charge in [0, 0.05) is 17.8 Å². The van der Waals surface area contributed by atoms with E-state index >= 15 is 0 Å². The predicted molar refractivity (Wildman–Crippen MR) is 82.7 cm³/mol. The number of rotatable bonds is 0. The summed E-state index contributed by atoms with van der Waals surface area (Å²) in [5, 5.41) is 0. The Bertz CT molecular complexity index is 756. The van der Waals surface area contributed by atoms with E-state index in [9.17, 15) is 0 Å². The summed E-state index contributed by atoms with van der Waals surface area (Å²) in [7, 11) is 0. The Hall–Kier alpha value is -2.08. The standard InChI is InChI=1S/C20H15/c1-2-11-20-12-4-7-15-10-9-14-5-3-6-16(13-17(20)8-1)18(14)19(15)20/h1-6,8-13,19H,7H2. The van der Waals surface area contributed by atoms with E-state index in [0.29, 0.717) is 5.92 Å². The molecule has 5 aliphatic carbocycles. The molecule has 0 heteroatoms. The number of hydrogen-bond donors (Lipinski definition) is 0. The maximum atomic E-state index is 2.42. The lowest BCUT2D eigenvalue weighted by Gasteiger charge is -2.49. The lowest BCUT2D eigenvalue weighted by molar-refractivity contribution is 0.430. The van der Waals surface area contributed by atoms with Crippen molar-refractivity contribution < 1.29 is 0 Å². The molecule has 0 heterocycles. The van der Waals surface area contributed by atoms with Crippen LogP contribution in [-0.4, -0.2) is 0 Å². The molecule has 2 atom stereocenters. The van der Waals surface area contributed by atoms with Gasteiger partial charge >= 0.3 is 0 Å². The van der Waals surface area contributed by atoms with Crippen molar-refractivity contribution in [2.24, 2.45) is 11.3 Å². The van der Waals surface area contributed by atoms with Crippen LogP contribution in [0.25, 0.3) is 0 Å². The van der Waals surface area contributed by atoms with Crippen molar-refractivity contribution in [2.45, 2.75) is 6.42 Å². The van der Waals surface area contributed by atoms with Crippen molar-refractivity contribution in [1.29, 1.82) is 0 Å². The van der Waals surface area contributed by atoms with Crippen LogP contribution in [0.5, 0.6) is 0 Å². The molecule has 0 fully saturated rings. The van der Waals surface area contributed by atoms with Crippen LogP contribution in [0.15, 0.2) is 94.7 Å². The van der Waals surface area contributed by atoms with E-state index in [1.54, 1.807) is 5.57 Å². The summed E-state index contributed by atoms with van der Waals surface area (Å²) in [4.78, 5) is 0. The van der Waals surface area contributed by atoms with Crippen molar-refractivity contribution in [2.75, 3.05) is 0 Å². The Morgan fingerprint density at radius 2 is 2.00 bits per heavy atom. The molecule has 0 saturated carbocycles. The van der Waals surface area contributed by atoms with Crippen LogP contribution in [0.1, 0.15) is 6.42 Å². The lowest BCUT2D eigenvalue weighted by Crippen LogP contribution is -2.38. The molecule has 0 aliphatic heterocycles. The molecule has 0 saturated heterocycles. The first-order valence-corrected chi connectivity index (χ1v) is 7.31. The third kappa shape index (κ3) is 1.13. The van der Waals surface area contributed by atoms with Crippen LogP contribution in [0, 0.1) is 17.8 Å². The molecule has 1 radical (unpaired) electrons. The monoisotopic (exact) mass is 255 g/mol. The summed E-state index contributed by atoms with van der Waals surface area (Å²) < 4.78 is 0. The van der Waals surface area contributed by atoms with E-state index in [-0.39, 0.29) is 5.41 Å². The summed E-state index contributed by atoms with van der Waals surface area (Å²) in [6.45, 7) is 0. The third-order valence-electron chi connectivity index (χ3n) is 5.10. The van der Waals surface area contributed by atoms with Gasteiger partial charge in [0.05, 0.1) is 0 Å². The van der Waals surface area contributed by atoms with E-state index in [1.807, 2.05) is 0 Å². The zero-order valence-corrected chi connectivity index (χ0v) is 11.2. The average molecular weight is 255 g/mol. The molecule has 0 bridgehead atoms. The smallest absolute Gasteiger partial charge is 0.0421 e. The van der Waals surface area contributed by atoms with Crippen molar-refractivity contribution in [3.05, 3.63) is 101 Å². The van der Waals surface area contributed by atoms with Gasteiger partial charge in [0.1, 0.15) is 0 Å². The van der Waals surface area contributed by atoms with Gasteiger partial charge in [-0.2, -0.15) is 0 Å². The summed E-state index contributed by atoms with van der Waals surface area (Å²) in [5.41, 5.74) is 7.35. The zero-order chi connectivity index (χ0) is 13.2. The fourth-order valence-corrected chi connectivity index (χ4v) is 4.27. The quantitative estimate of drug-likeness (QED) is 0.557. The zero-order valence-electron chi connectivity index (χ0n) is 11.2. The molecule has 5 rings (SSSR count). The van der Waals surface area contributed by atoms with Crippen LogP contribution in [0.4, 0.5) is 0 Å². The Labute approximate surface area is 119 Å². The largest absolute Gasteiger partial charge is 0.0832 e. The van der Waals surface area contributed by atoms with Gasteiger partial charge in [-0.25, -0.2) is 0 Å². The Balaban J connectivity index is 1.87. The average Bonchev–Trinajstić information content (AvgIpc) is 2.50. The van der Waals surface area contributed by atoms with Gasteiger partial charge < -0.3 is 0 Å². The van der Waals surface area contributed by atoms with Crippen LogP contribution in [0.3, 0.4) is 0 Å². The highest BCUT2D eigenvalue weighted by atomic mass is 14.5. The van der Waals surface area contributed by atoms with Crippen molar-refractivity contribution >= 4 is 0 Å². The Morgan fingerprint density at radius 1 is 1.00 bits per heavy atom. The second-order valence-electron chi connectivity index (χ2n) is 6.05. The topological polar surface area (TPSA) is 0 Å².